The first kappa shape index (κ1) is 20.9. The quantitative estimate of drug-likeness (QED) is 0.782. The maximum Gasteiger partial charge on any atom is 0.264 e. The van der Waals surface area contributed by atoms with Crippen molar-refractivity contribution in [1.82, 2.24) is 10.2 Å². The Labute approximate surface area is 171 Å². The van der Waals surface area contributed by atoms with E-state index >= 15 is 0 Å². The van der Waals surface area contributed by atoms with E-state index in [1.54, 1.807) is 26.2 Å². The van der Waals surface area contributed by atoms with Crippen LogP contribution in [0.3, 0.4) is 0 Å². The molecule has 8 heteroatoms. The van der Waals surface area contributed by atoms with Gasteiger partial charge in [-0.05, 0) is 42.7 Å². The highest BCUT2D eigenvalue weighted by molar-refractivity contribution is 7.92. The van der Waals surface area contributed by atoms with Crippen LogP contribution >= 0.6 is 0 Å². The summed E-state index contributed by atoms with van der Waals surface area (Å²) in [6.07, 6.45) is 1.77. The van der Waals surface area contributed by atoms with Crippen molar-refractivity contribution in [3.05, 3.63) is 59.7 Å². The smallest absolute Gasteiger partial charge is 0.264 e. The average molecular weight is 416 g/mol. The number of carbonyl (C=O) groups excluding carboxylic acids is 2. The van der Waals surface area contributed by atoms with Crippen LogP contribution in [0.1, 0.15) is 28.8 Å². The van der Waals surface area contributed by atoms with Crippen LogP contribution in [0.15, 0.2) is 53.4 Å². The Morgan fingerprint density at radius 2 is 1.86 bits per heavy atom. The Bertz CT molecular complexity index is 1020. The Morgan fingerprint density at radius 1 is 1.10 bits per heavy atom. The van der Waals surface area contributed by atoms with Crippen LogP contribution in [0.5, 0.6) is 0 Å². The monoisotopic (exact) mass is 415 g/mol. The van der Waals surface area contributed by atoms with Gasteiger partial charge in [0.25, 0.3) is 15.9 Å². The maximum absolute atomic E-state index is 13.2. The van der Waals surface area contributed by atoms with Gasteiger partial charge in [0.15, 0.2) is 0 Å². The third kappa shape index (κ3) is 4.59. The van der Waals surface area contributed by atoms with Crippen molar-refractivity contribution >= 4 is 27.5 Å². The van der Waals surface area contributed by atoms with Crippen LogP contribution in [0.4, 0.5) is 5.69 Å². The Balaban J connectivity index is 1.79. The van der Waals surface area contributed by atoms with Crippen LogP contribution in [0, 0.1) is 0 Å². The first-order valence-electron chi connectivity index (χ1n) is 9.50. The summed E-state index contributed by atoms with van der Waals surface area (Å²) in [5, 5.41) is 2.66. The van der Waals surface area contributed by atoms with E-state index < -0.39 is 15.9 Å². The lowest BCUT2D eigenvalue weighted by Crippen LogP contribution is -2.35. The van der Waals surface area contributed by atoms with E-state index in [1.165, 1.54) is 21.3 Å². The number of para-hydroxylation sites is 1. The minimum atomic E-state index is -3.78. The van der Waals surface area contributed by atoms with E-state index in [0.29, 0.717) is 12.2 Å². The molecule has 29 heavy (non-hydrogen) atoms. The van der Waals surface area contributed by atoms with Crippen molar-refractivity contribution in [2.45, 2.75) is 24.2 Å². The molecule has 1 aliphatic heterocycles. The number of carbonyl (C=O) groups is 2. The number of hydrogen-bond acceptors (Lipinski definition) is 4. The van der Waals surface area contributed by atoms with E-state index in [2.05, 4.69) is 5.32 Å². The third-order valence-electron chi connectivity index (χ3n) is 4.88. The molecule has 0 atom stereocenters. The zero-order valence-electron chi connectivity index (χ0n) is 16.6. The molecule has 2 aromatic carbocycles. The second-order valence-corrected chi connectivity index (χ2v) is 8.99. The van der Waals surface area contributed by atoms with Crippen molar-refractivity contribution in [2.24, 2.45) is 0 Å². The van der Waals surface area contributed by atoms with Gasteiger partial charge in [-0.25, -0.2) is 8.42 Å². The van der Waals surface area contributed by atoms with Gasteiger partial charge < -0.3 is 10.2 Å². The van der Waals surface area contributed by atoms with Gasteiger partial charge in [0.2, 0.25) is 5.91 Å². The summed E-state index contributed by atoms with van der Waals surface area (Å²) in [5.74, 6) is -0.502. The molecule has 0 bridgehead atoms. The maximum atomic E-state index is 13.2. The molecule has 0 fully saturated rings. The molecule has 1 aliphatic rings. The van der Waals surface area contributed by atoms with Crippen LogP contribution in [0.2, 0.25) is 0 Å². The lowest BCUT2D eigenvalue weighted by Gasteiger charge is -2.30. The molecule has 2 aromatic rings. The van der Waals surface area contributed by atoms with Gasteiger partial charge >= 0.3 is 0 Å². The zero-order valence-corrected chi connectivity index (χ0v) is 17.4. The molecule has 2 amide bonds. The lowest BCUT2D eigenvalue weighted by atomic mass is 10.0. The number of benzene rings is 2. The van der Waals surface area contributed by atoms with Gasteiger partial charge in [-0.15, -0.1) is 0 Å². The van der Waals surface area contributed by atoms with Gasteiger partial charge in [0.05, 0.1) is 10.6 Å². The summed E-state index contributed by atoms with van der Waals surface area (Å²) in [4.78, 5) is 25.5. The number of nitrogens with one attached hydrogen (secondary N) is 1. The number of nitrogens with zero attached hydrogens (tertiary/aromatic N) is 2. The Hall–Kier alpha value is -2.87. The topological polar surface area (TPSA) is 86.8 Å². The van der Waals surface area contributed by atoms with Crippen molar-refractivity contribution < 1.29 is 18.0 Å². The summed E-state index contributed by atoms with van der Waals surface area (Å²) in [6, 6.07) is 13.5. The van der Waals surface area contributed by atoms with E-state index in [9.17, 15) is 18.0 Å². The Kier molecular flexibility index (Phi) is 6.22. The largest absolute Gasteiger partial charge is 0.352 e. The summed E-state index contributed by atoms with van der Waals surface area (Å²) < 4.78 is 27.9. The van der Waals surface area contributed by atoms with E-state index in [1.807, 2.05) is 24.3 Å². The molecular weight excluding hydrogens is 390 g/mol. The van der Waals surface area contributed by atoms with E-state index in [-0.39, 0.29) is 29.3 Å². The van der Waals surface area contributed by atoms with Gasteiger partial charge in [0, 0.05) is 39.2 Å². The Morgan fingerprint density at radius 3 is 2.62 bits per heavy atom. The summed E-state index contributed by atoms with van der Waals surface area (Å²) >= 11 is 0. The van der Waals surface area contributed by atoms with Crippen molar-refractivity contribution in [2.75, 3.05) is 31.5 Å². The third-order valence-corrected chi connectivity index (χ3v) is 6.68. The first-order valence-corrected chi connectivity index (χ1v) is 10.9. The van der Waals surface area contributed by atoms with Gasteiger partial charge in [0.1, 0.15) is 0 Å². The minimum absolute atomic E-state index is 0.0752. The molecular formula is C21H25N3O4S. The SMILES string of the molecule is CN(C)C(=O)CCNC(=O)c1cccc(S(=O)(=O)N2CCCc3ccccc32)c1. The highest BCUT2D eigenvalue weighted by Crippen LogP contribution is 2.31. The summed E-state index contributed by atoms with van der Waals surface area (Å²) in [5.41, 5.74) is 1.94. The predicted molar refractivity (Wildman–Crippen MR) is 111 cm³/mol. The normalized spacial score (nSPS) is 13.5. The van der Waals surface area contributed by atoms with Crippen LogP contribution < -0.4 is 9.62 Å². The van der Waals surface area contributed by atoms with Gasteiger partial charge in [-0.2, -0.15) is 0 Å². The highest BCUT2D eigenvalue weighted by Gasteiger charge is 2.29. The molecule has 0 aromatic heterocycles. The summed E-state index contributed by atoms with van der Waals surface area (Å²) in [7, 11) is -0.484. The second kappa shape index (κ2) is 8.65. The van der Waals surface area contributed by atoms with Crippen molar-refractivity contribution in [1.29, 1.82) is 0 Å². The number of rotatable bonds is 6. The number of fused-ring (bicyclic) bond motifs is 1. The molecule has 0 unspecified atom stereocenters. The number of amides is 2. The van der Waals surface area contributed by atoms with E-state index in [0.717, 1.165) is 18.4 Å². The summed E-state index contributed by atoms with van der Waals surface area (Å²) in [6.45, 7) is 0.592. The molecule has 0 spiro atoms. The van der Waals surface area contributed by atoms with Crippen molar-refractivity contribution in [3.63, 3.8) is 0 Å². The fourth-order valence-corrected chi connectivity index (χ4v) is 4.87. The zero-order chi connectivity index (χ0) is 21.0. The fraction of sp³-hybridized carbons (Fsp3) is 0.333. The van der Waals surface area contributed by atoms with Crippen molar-refractivity contribution in [3.8, 4) is 0 Å². The molecule has 7 nitrogen and oxygen atoms in total. The average Bonchev–Trinajstić information content (AvgIpc) is 2.73. The van der Waals surface area contributed by atoms with Crippen LogP contribution in [0.25, 0.3) is 0 Å². The van der Waals surface area contributed by atoms with Crippen LogP contribution in [-0.2, 0) is 21.2 Å². The molecule has 0 aliphatic carbocycles. The predicted octanol–water partition coefficient (Wildman–Crippen LogP) is 2.04. The molecule has 0 saturated heterocycles. The van der Waals surface area contributed by atoms with Gasteiger partial charge in [-0.3, -0.25) is 13.9 Å². The number of sulfonamides is 1. The lowest BCUT2D eigenvalue weighted by molar-refractivity contribution is -0.128. The molecule has 154 valence electrons. The number of aryl methyl sites for hydroxylation is 1. The highest BCUT2D eigenvalue weighted by atomic mass is 32.2. The minimum Gasteiger partial charge on any atom is -0.352 e. The number of hydrogen-bond donors (Lipinski definition) is 1. The van der Waals surface area contributed by atoms with Crippen LogP contribution in [-0.4, -0.2) is 52.3 Å². The molecule has 1 N–H and O–H groups in total. The molecule has 3 rings (SSSR count). The second-order valence-electron chi connectivity index (χ2n) is 7.13. The molecule has 0 radical (unpaired) electrons. The van der Waals surface area contributed by atoms with Gasteiger partial charge in [-0.1, -0.05) is 24.3 Å². The molecule has 0 saturated carbocycles. The first-order chi connectivity index (χ1) is 13.8. The van der Waals surface area contributed by atoms with E-state index in [4.69, 9.17) is 0 Å². The fourth-order valence-electron chi connectivity index (χ4n) is 3.28. The standard InChI is InChI=1S/C21H25N3O4S/c1-23(2)20(25)12-13-22-21(26)17-8-5-10-18(15-17)29(27,28)24-14-6-9-16-7-3-4-11-19(16)24/h3-5,7-8,10-11,15H,6,9,12-14H2,1-2H3,(H,22,26). The number of anilines is 1. The molecule has 1 heterocycles.